The Morgan fingerprint density at radius 2 is 2.50 bits per heavy atom. The summed E-state index contributed by atoms with van der Waals surface area (Å²) in [5.41, 5.74) is 0. The molecule has 3 nitrogen and oxygen atoms in total. The van der Waals surface area contributed by atoms with Crippen molar-refractivity contribution in [2.45, 2.75) is 6.42 Å². The molecule has 0 atom stereocenters. The van der Waals surface area contributed by atoms with Crippen molar-refractivity contribution in [1.29, 1.82) is 0 Å². The van der Waals surface area contributed by atoms with E-state index in [1.54, 1.807) is 0 Å². The van der Waals surface area contributed by atoms with Gasteiger partial charge in [-0.1, -0.05) is 5.92 Å². The largest absolute Gasteiger partial charge is 0.464 e. The fourth-order valence-corrected chi connectivity index (χ4v) is 0.160. The summed E-state index contributed by atoms with van der Waals surface area (Å²) in [4.78, 5) is 9.64. The fraction of sp³-hybridized carbons (Fsp3) is 0.200. The molecule has 2 N–H and O–H groups in total. The third-order valence-electron chi connectivity index (χ3n) is 0.383. The highest BCUT2D eigenvalue weighted by atomic mass is 16.4. The molecule has 0 aromatic carbocycles. The van der Waals surface area contributed by atoms with Crippen molar-refractivity contribution in [3.8, 4) is 12.0 Å². The summed E-state index contributed by atoms with van der Waals surface area (Å²) in [5, 5.41) is 9.77. The second-order valence-electron chi connectivity index (χ2n) is 0.982. The van der Waals surface area contributed by atoms with E-state index in [9.17, 15) is 4.79 Å². The molecule has 0 aliphatic heterocycles. The molecule has 8 heavy (non-hydrogen) atoms. The zero-order chi connectivity index (χ0) is 6.41. The highest BCUT2D eigenvalue weighted by Gasteiger charge is 1.82. The average molecular weight is 112 g/mol. The number of hydrogen-bond donors (Lipinski definition) is 2. The zero-order valence-electron chi connectivity index (χ0n) is 4.27. The van der Waals surface area contributed by atoms with Gasteiger partial charge in [0.1, 0.15) is 0 Å². The Kier molecular flexibility index (Phi) is 3.42. The van der Waals surface area contributed by atoms with Gasteiger partial charge in [-0.15, -0.1) is 0 Å². The minimum atomic E-state index is -1.13. The van der Waals surface area contributed by atoms with Crippen molar-refractivity contribution >= 4 is 6.09 Å². The highest BCUT2D eigenvalue weighted by molar-refractivity contribution is 5.66. The molecule has 0 rings (SSSR count). The van der Waals surface area contributed by atoms with Crippen molar-refractivity contribution in [3.05, 3.63) is 6.92 Å². The lowest BCUT2D eigenvalue weighted by Gasteiger charge is -1.80. The zero-order valence-corrected chi connectivity index (χ0v) is 4.27. The van der Waals surface area contributed by atoms with Crippen molar-refractivity contribution in [2.75, 3.05) is 0 Å². The van der Waals surface area contributed by atoms with Crippen LogP contribution in [0, 0.1) is 18.9 Å². The van der Waals surface area contributed by atoms with E-state index in [1.165, 1.54) is 0 Å². The normalized spacial score (nSPS) is 6.62. The SMILES string of the molecule is [CH2]CC#CNC(=O)O. The summed E-state index contributed by atoms with van der Waals surface area (Å²) >= 11 is 0. The van der Waals surface area contributed by atoms with E-state index in [2.05, 4.69) is 18.9 Å². The summed E-state index contributed by atoms with van der Waals surface area (Å²) in [6.07, 6.45) is -0.716. The van der Waals surface area contributed by atoms with Crippen molar-refractivity contribution in [1.82, 2.24) is 5.32 Å². The molecular formula is C5H6NO2. The van der Waals surface area contributed by atoms with Crippen LogP contribution in [0.25, 0.3) is 0 Å². The Bertz CT molecular complexity index is 131. The number of rotatable bonds is 0. The summed E-state index contributed by atoms with van der Waals surface area (Å²) < 4.78 is 0. The molecule has 3 heteroatoms. The standard InChI is InChI=1S/C5H6NO2/c1-2-3-4-6-5(7)8/h6H,1-2H2,(H,7,8). The Morgan fingerprint density at radius 1 is 1.88 bits per heavy atom. The molecule has 0 saturated heterocycles. The van der Waals surface area contributed by atoms with Gasteiger partial charge in [-0.25, -0.2) is 10.1 Å². The van der Waals surface area contributed by atoms with Crippen LogP contribution in [-0.4, -0.2) is 11.2 Å². The number of carbonyl (C=O) groups is 1. The Balaban J connectivity index is 3.29. The van der Waals surface area contributed by atoms with Crippen molar-refractivity contribution in [2.24, 2.45) is 0 Å². The van der Waals surface area contributed by atoms with Crippen LogP contribution in [0.2, 0.25) is 0 Å². The molecule has 0 saturated carbocycles. The molecule has 0 aliphatic carbocycles. The maximum absolute atomic E-state index is 9.64. The van der Waals surface area contributed by atoms with Crippen molar-refractivity contribution in [3.63, 3.8) is 0 Å². The predicted octanol–water partition coefficient (Wildman–Crippen LogP) is 0.439. The molecular weight excluding hydrogens is 106 g/mol. The first-order valence-electron chi connectivity index (χ1n) is 2.03. The van der Waals surface area contributed by atoms with E-state index in [0.29, 0.717) is 6.42 Å². The van der Waals surface area contributed by atoms with E-state index < -0.39 is 6.09 Å². The first-order chi connectivity index (χ1) is 3.77. The Morgan fingerprint density at radius 3 is 2.88 bits per heavy atom. The summed E-state index contributed by atoms with van der Waals surface area (Å²) in [6, 6.07) is 2.17. The van der Waals surface area contributed by atoms with Crippen LogP contribution in [0.4, 0.5) is 4.79 Å². The molecule has 1 amide bonds. The third-order valence-corrected chi connectivity index (χ3v) is 0.383. The van der Waals surface area contributed by atoms with Gasteiger partial charge in [-0.3, -0.25) is 0 Å². The van der Waals surface area contributed by atoms with Crippen LogP contribution in [-0.2, 0) is 0 Å². The van der Waals surface area contributed by atoms with Gasteiger partial charge in [-0.05, 0) is 6.92 Å². The van der Waals surface area contributed by atoms with Gasteiger partial charge in [0.25, 0.3) is 0 Å². The second-order valence-corrected chi connectivity index (χ2v) is 0.982. The van der Waals surface area contributed by atoms with E-state index >= 15 is 0 Å². The molecule has 0 aromatic heterocycles. The molecule has 0 aromatic rings. The molecule has 0 aliphatic rings. The Hall–Kier alpha value is -1.17. The van der Waals surface area contributed by atoms with Crippen molar-refractivity contribution < 1.29 is 9.90 Å². The van der Waals surface area contributed by atoms with Crippen LogP contribution in [0.1, 0.15) is 6.42 Å². The number of carboxylic acid groups (broad SMARTS) is 1. The molecule has 0 spiro atoms. The minimum absolute atomic E-state index is 0.417. The van der Waals surface area contributed by atoms with Gasteiger partial charge in [0.05, 0.1) is 0 Å². The quantitative estimate of drug-likeness (QED) is 0.353. The smallest absolute Gasteiger partial charge is 0.416 e. The van der Waals surface area contributed by atoms with Crippen LogP contribution in [0.3, 0.4) is 0 Å². The maximum atomic E-state index is 9.64. The minimum Gasteiger partial charge on any atom is -0.464 e. The summed E-state index contributed by atoms with van der Waals surface area (Å²) in [7, 11) is 0. The number of nitrogens with one attached hydrogen (secondary N) is 1. The van der Waals surface area contributed by atoms with Gasteiger partial charge in [0.15, 0.2) is 0 Å². The van der Waals surface area contributed by atoms with Crippen LogP contribution >= 0.6 is 0 Å². The highest BCUT2D eigenvalue weighted by Crippen LogP contribution is 1.62. The predicted molar refractivity (Wildman–Crippen MR) is 28.9 cm³/mol. The fourth-order valence-electron chi connectivity index (χ4n) is 0.160. The second kappa shape index (κ2) is 4.00. The Labute approximate surface area is 47.7 Å². The van der Waals surface area contributed by atoms with E-state index in [4.69, 9.17) is 5.11 Å². The van der Waals surface area contributed by atoms with Gasteiger partial charge in [0, 0.05) is 12.5 Å². The van der Waals surface area contributed by atoms with Crippen LogP contribution < -0.4 is 5.32 Å². The molecule has 43 valence electrons. The van der Waals surface area contributed by atoms with Crippen LogP contribution in [0.5, 0.6) is 0 Å². The van der Waals surface area contributed by atoms with Gasteiger partial charge in [0.2, 0.25) is 0 Å². The first kappa shape index (κ1) is 6.83. The van der Waals surface area contributed by atoms with Crippen LogP contribution in [0.15, 0.2) is 0 Å². The first-order valence-corrected chi connectivity index (χ1v) is 2.03. The topological polar surface area (TPSA) is 49.3 Å². The van der Waals surface area contributed by atoms with Gasteiger partial charge < -0.3 is 5.11 Å². The van der Waals surface area contributed by atoms with Gasteiger partial charge >= 0.3 is 6.09 Å². The molecule has 1 radical (unpaired) electrons. The third kappa shape index (κ3) is 4.83. The van der Waals surface area contributed by atoms with E-state index in [0.717, 1.165) is 0 Å². The van der Waals surface area contributed by atoms with Gasteiger partial charge in [-0.2, -0.15) is 0 Å². The molecule has 0 bridgehead atoms. The summed E-state index contributed by atoms with van der Waals surface area (Å²) in [6.45, 7) is 3.38. The monoisotopic (exact) mass is 112 g/mol. The lowest BCUT2D eigenvalue weighted by Crippen LogP contribution is -2.13. The lowest BCUT2D eigenvalue weighted by atomic mass is 10.5. The lowest BCUT2D eigenvalue weighted by molar-refractivity contribution is 0.199. The maximum Gasteiger partial charge on any atom is 0.416 e. The molecule has 0 heterocycles. The number of hydrogen-bond acceptors (Lipinski definition) is 1. The molecule has 0 unspecified atom stereocenters. The van der Waals surface area contributed by atoms with E-state index in [-0.39, 0.29) is 0 Å². The summed E-state index contributed by atoms with van der Waals surface area (Å²) in [5.74, 6) is 2.43. The molecule has 0 fully saturated rings. The average Bonchev–Trinajstić information content (AvgIpc) is 1.66. The number of amides is 1. The van der Waals surface area contributed by atoms with E-state index in [1.807, 2.05) is 5.32 Å².